The minimum absolute atomic E-state index is 0.0909. The lowest BCUT2D eigenvalue weighted by Crippen LogP contribution is -2.31. The maximum absolute atomic E-state index is 13.2. The van der Waals surface area contributed by atoms with Crippen molar-refractivity contribution in [2.75, 3.05) is 20.2 Å². The van der Waals surface area contributed by atoms with Gasteiger partial charge in [0.2, 0.25) is 6.41 Å². The maximum atomic E-state index is 13.2. The molecule has 0 spiro atoms. The Hall–Kier alpha value is -2.30. The maximum Gasteiger partial charge on any atom is 0.207 e. The van der Waals surface area contributed by atoms with Gasteiger partial charge >= 0.3 is 0 Å². The molecule has 1 aromatic rings. The fourth-order valence-corrected chi connectivity index (χ4v) is 2.86. The molecule has 1 aliphatic heterocycles. The number of nitrogens with one attached hydrogen (secondary N) is 1. The van der Waals surface area contributed by atoms with Gasteiger partial charge in [-0.05, 0) is 43.2 Å². The number of nitrogens with zero attached hydrogens (tertiary/aromatic N) is 1. The van der Waals surface area contributed by atoms with Gasteiger partial charge < -0.3 is 15.0 Å². The normalized spacial score (nSPS) is 17.8. The van der Waals surface area contributed by atoms with Crippen LogP contribution >= 0.6 is 0 Å². The Kier molecular flexibility index (Phi) is 5.79. The molecule has 1 amide bonds. The van der Waals surface area contributed by atoms with Crippen LogP contribution in [0.1, 0.15) is 31.9 Å². The summed E-state index contributed by atoms with van der Waals surface area (Å²) in [6.45, 7) is 5.12. The number of likely N-dealkylation sites (N-methyl/N-ethyl adjacent to an activating group) is 1. The van der Waals surface area contributed by atoms with Crippen LogP contribution in [0.25, 0.3) is 0 Å². The Morgan fingerprint density at radius 1 is 1.35 bits per heavy atom. The summed E-state index contributed by atoms with van der Waals surface area (Å²) in [6.07, 6.45) is 3.51. The molecule has 124 valence electrons. The lowest BCUT2D eigenvalue weighted by atomic mass is 9.95. The summed E-state index contributed by atoms with van der Waals surface area (Å²) in [5.74, 6) is 0.630. The van der Waals surface area contributed by atoms with Gasteiger partial charge in [-0.15, -0.1) is 0 Å². The lowest BCUT2D eigenvalue weighted by molar-refractivity contribution is -0.109. The van der Waals surface area contributed by atoms with E-state index in [0.29, 0.717) is 19.6 Å². The summed E-state index contributed by atoms with van der Waals surface area (Å²) in [6, 6.07) is 6.42. The highest BCUT2D eigenvalue weighted by Crippen LogP contribution is 2.37. The lowest BCUT2D eigenvalue weighted by Gasteiger charge is -2.37. The zero-order valence-corrected chi connectivity index (χ0v) is 13.8. The molecule has 1 unspecified atom stereocenters. The average molecular weight is 318 g/mol. The van der Waals surface area contributed by atoms with E-state index < -0.39 is 0 Å². The minimum atomic E-state index is -0.253. The predicted octanol–water partition coefficient (Wildman–Crippen LogP) is 3.14. The molecule has 0 aliphatic carbocycles. The third kappa shape index (κ3) is 3.92. The van der Waals surface area contributed by atoms with E-state index in [9.17, 15) is 9.18 Å². The van der Waals surface area contributed by atoms with E-state index in [-0.39, 0.29) is 11.9 Å². The molecule has 5 heteroatoms. The van der Waals surface area contributed by atoms with Gasteiger partial charge in [0.25, 0.3) is 0 Å². The molecular weight excluding hydrogens is 295 g/mol. The first-order valence-corrected chi connectivity index (χ1v) is 7.78. The van der Waals surface area contributed by atoms with Crippen molar-refractivity contribution >= 4 is 6.41 Å². The SMILES string of the molecule is CCOC1=C(C)C=C(CCNC=O)N(C)C1c1ccc(F)cc1. The van der Waals surface area contributed by atoms with Gasteiger partial charge in [0.1, 0.15) is 17.6 Å². The van der Waals surface area contributed by atoms with Crippen molar-refractivity contribution in [2.24, 2.45) is 0 Å². The van der Waals surface area contributed by atoms with E-state index >= 15 is 0 Å². The monoisotopic (exact) mass is 318 g/mol. The van der Waals surface area contributed by atoms with Gasteiger partial charge in [-0.25, -0.2) is 4.39 Å². The standard InChI is InChI=1S/C18H23FN2O2/c1-4-23-18-13(2)11-16(9-10-20-12-22)21(3)17(18)14-5-7-15(19)8-6-14/h5-8,11-12,17H,4,9-10H2,1-3H3,(H,20,22). The van der Waals surface area contributed by atoms with Gasteiger partial charge in [-0.1, -0.05) is 12.1 Å². The number of rotatable bonds is 7. The molecule has 0 fully saturated rings. The van der Waals surface area contributed by atoms with Crippen LogP contribution in [-0.4, -0.2) is 31.5 Å². The summed E-state index contributed by atoms with van der Waals surface area (Å²) >= 11 is 0. The molecule has 1 atom stereocenters. The van der Waals surface area contributed by atoms with E-state index in [2.05, 4.69) is 16.3 Å². The first-order chi connectivity index (χ1) is 11.1. The fraction of sp³-hybridized carbons (Fsp3) is 0.389. The second-order valence-corrected chi connectivity index (χ2v) is 5.50. The van der Waals surface area contributed by atoms with Crippen LogP contribution in [0.5, 0.6) is 0 Å². The van der Waals surface area contributed by atoms with Gasteiger partial charge in [-0.3, -0.25) is 4.79 Å². The Morgan fingerprint density at radius 2 is 2.04 bits per heavy atom. The summed E-state index contributed by atoms with van der Waals surface area (Å²) in [5, 5.41) is 2.68. The molecule has 1 aromatic carbocycles. The van der Waals surface area contributed by atoms with E-state index in [1.807, 2.05) is 20.9 Å². The zero-order chi connectivity index (χ0) is 16.8. The molecule has 23 heavy (non-hydrogen) atoms. The molecule has 2 rings (SSSR count). The smallest absolute Gasteiger partial charge is 0.207 e. The molecule has 0 aromatic heterocycles. The van der Waals surface area contributed by atoms with Crippen molar-refractivity contribution in [3.63, 3.8) is 0 Å². The molecular formula is C18H23FN2O2. The van der Waals surface area contributed by atoms with E-state index in [0.717, 1.165) is 29.0 Å². The molecule has 1 heterocycles. The average Bonchev–Trinajstić information content (AvgIpc) is 2.54. The minimum Gasteiger partial charge on any atom is -0.495 e. The van der Waals surface area contributed by atoms with Crippen LogP contribution < -0.4 is 5.32 Å². The zero-order valence-electron chi connectivity index (χ0n) is 13.8. The number of ether oxygens (including phenoxy) is 1. The van der Waals surface area contributed by atoms with Gasteiger partial charge in [-0.2, -0.15) is 0 Å². The molecule has 0 bridgehead atoms. The van der Waals surface area contributed by atoms with Gasteiger partial charge in [0.15, 0.2) is 0 Å². The van der Waals surface area contributed by atoms with Crippen LogP contribution in [0.3, 0.4) is 0 Å². The van der Waals surface area contributed by atoms with Crippen molar-refractivity contribution in [2.45, 2.75) is 26.3 Å². The summed E-state index contributed by atoms with van der Waals surface area (Å²) in [7, 11) is 1.99. The Balaban J connectivity index is 2.35. The Bertz CT molecular complexity index is 608. The van der Waals surface area contributed by atoms with E-state index in [1.54, 1.807) is 12.1 Å². The number of hydrogen-bond donors (Lipinski definition) is 1. The van der Waals surface area contributed by atoms with Crippen molar-refractivity contribution in [3.05, 3.63) is 58.8 Å². The van der Waals surface area contributed by atoms with Gasteiger partial charge in [0.05, 0.1) is 6.61 Å². The van der Waals surface area contributed by atoms with Crippen LogP contribution in [0.2, 0.25) is 0 Å². The van der Waals surface area contributed by atoms with Crippen molar-refractivity contribution < 1.29 is 13.9 Å². The largest absolute Gasteiger partial charge is 0.495 e. The number of halogens is 1. The number of amides is 1. The third-order valence-electron chi connectivity index (χ3n) is 3.95. The highest BCUT2D eigenvalue weighted by Gasteiger charge is 2.29. The number of carbonyl (C=O) groups excluding carboxylic acids is 1. The van der Waals surface area contributed by atoms with Crippen molar-refractivity contribution in [1.29, 1.82) is 0 Å². The first kappa shape index (κ1) is 17.1. The predicted molar refractivity (Wildman–Crippen MR) is 88.0 cm³/mol. The molecule has 0 saturated carbocycles. The van der Waals surface area contributed by atoms with Crippen LogP contribution in [0, 0.1) is 5.82 Å². The van der Waals surface area contributed by atoms with Crippen LogP contribution in [0.4, 0.5) is 4.39 Å². The van der Waals surface area contributed by atoms with Crippen molar-refractivity contribution in [1.82, 2.24) is 10.2 Å². The first-order valence-electron chi connectivity index (χ1n) is 7.78. The highest BCUT2D eigenvalue weighted by molar-refractivity contribution is 5.46. The molecule has 0 saturated heterocycles. The molecule has 4 nitrogen and oxygen atoms in total. The van der Waals surface area contributed by atoms with E-state index in [1.165, 1.54) is 12.1 Å². The quantitative estimate of drug-likeness (QED) is 0.620. The molecule has 0 radical (unpaired) electrons. The highest BCUT2D eigenvalue weighted by atomic mass is 19.1. The van der Waals surface area contributed by atoms with Crippen LogP contribution in [-0.2, 0) is 9.53 Å². The number of allylic oxidation sites excluding steroid dienone is 2. The number of benzene rings is 1. The summed E-state index contributed by atoms with van der Waals surface area (Å²) < 4.78 is 19.1. The van der Waals surface area contributed by atoms with Crippen LogP contribution in [0.15, 0.2) is 47.4 Å². The van der Waals surface area contributed by atoms with Gasteiger partial charge in [0, 0.05) is 25.7 Å². The van der Waals surface area contributed by atoms with Crippen molar-refractivity contribution in [3.8, 4) is 0 Å². The Morgan fingerprint density at radius 3 is 2.65 bits per heavy atom. The molecule has 1 aliphatic rings. The number of carbonyl (C=O) groups is 1. The topological polar surface area (TPSA) is 41.6 Å². The second-order valence-electron chi connectivity index (χ2n) is 5.50. The number of hydrogen-bond acceptors (Lipinski definition) is 3. The third-order valence-corrected chi connectivity index (χ3v) is 3.95. The Labute approximate surface area is 136 Å². The fourth-order valence-electron chi connectivity index (χ4n) is 2.86. The summed E-state index contributed by atoms with van der Waals surface area (Å²) in [4.78, 5) is 12.6. The summed E-state index contributed by atoms with van der Waals surface area (Å²) in [5.41, 5.74) is 3.14. The second kappa shape index (κ2) is 7.81. The molecule has 1 N–H and O–H groups in total. The van der Waals surface area contributed by atoms with E-state index in [4.69, 9.17) is 4.74 Å².